The number of likely N-dealkylation sites (N-methyl/N-ethyl adjacent to an activating group) is 1. The molecule has 0 spiro atoms. The number of amides is 1. The summed E-state index contributed by atoms with van der Waals surface area (Å²) in [5.41, 5.74) is 0.878. The molecule has 0 atom stereocenters. The number of nitrogens with zero attached hydrogens (tertiary/aromatic N) is 5. The average molecular weight is 392 g/mol. The number of benzene rings is 1. The van der Waals surface area contributed by atoms with Crippen molar-refractivity contribution in [1.82, 2.24) is 25.1 Å². The second kappa shape index (κ2) is 7.01. The molecule has 0 aliphatic rings. The Labute approximate surface area is 145 Å². The molecule has 2 aromatic heterocycles. The summed E-state index contributed by atoms with van der Waals surface area (Å²) >= 11 is 5.03. The summed E-state index contributed by atoms with van der Waals surface area (Å²) in [4.78, 5) is 16.4. The zero-order valence-electron chi connectivity index (χ0n) is 12.4. The predicted molar refractivity (Wildman–Crippen MR) is 91.7 cm³/mol. The van der Waals surface area contributed by atoms with Crippen molar-refractivity contribution in [1.29, 1.82) is 0 Å². The molecule has 3 aromatic rings. The molecule has 2 heterocycles. The second-order valence-electron chi connectivity index (χ2n) is 4.97. The van der Waals surface area contributed by atoms with Gasteiger partial charge >= 0.3 is 0 Å². The Hall–Kier alpha value is -2.06. The van der Waals surface area contributed by atoms with Crippen molar-refractivity contribution in [3.63, 3.8) is 0 Å². The van der Waals surface area contributed by atoms with Crippen LogP contribution in [0.25, 0.3) is 11.4 Å². The molecule has 23 heavy (non-hydrogen) atoms. The van der Waals surface area contributed by atoms with E-state index in [4.69, 9.17) is 0 Å². The Balaban J connectivity index is 1.63. The predicted octanol–water partition coefficient (Wildman–Crippen LogP) is 2.82. The number of hydrogen-bond donors (Lipinski definition) is 0. The van der Waals surface area contributed by atoms with Crippen molar-refractivity contribution in [3.8, 4) is 11.4 Å². The maximum atomic E-state index is 12.3. The Kier molecular flexibility index (Phi) is 4.82. The lowest BCUT2D eigenvalue weighted by Crippen LogP contribution is -2.30. The summed E-state index contributed by atoms with van der Waals surface area (Å²) in [6, 6.07) is 13.5. The molecule has 118 valence electrons. The Bertz CT molecular complexity index is 801. The fourth-order valence-electron chi connectivity index (χ4n) is 2.01. The second-order valence-corrected chi connectivity index (χ2v) is 7.51. The molecule has 0 aliphatic heterocycles. The summed E-state index contributed by atoms with van der Waals surface area (Å²) < 4.78 is 1.05. The van der Waals surface area contributed by atoms with Crippen molar-refractivity contribution in [2.45, 2.75) is 13.1 Å². The summed E-state index contributed by atoms with van der Waals surface area (Å²) in [5, 5.41) is 12.2. The molecular weight excluding hydrogens is 378 g/mol. The van der Waals surface area contributed by atoms with E-state index in [9.17, 15) is 4.79 Å². The van der Waals surface area contributed by atoms with Gasteiger partial charge in [-0.25, -0.2) is 0 Å². The van der Waals surface area contributed by atoms with Crippen LogP contribution in [0.1, 0.15) is 4.88 Å². The lowest BCUT2D eigenvalue weighted by Gasteiger charge is -2.15. The van der Waals surface area contributed by atoms with Crippen molar-refractivity contribution >= 4 is 33.2 Å². The van der Waals surface area contributed by atoms with E-state index in [2.05, 4.69) is 31.3 Å². The van der Waals surface area contributed by atoms with Crippen molar-refractivity contribution in [2.75, 3.05) is 7.05 Å². The van der Waals surface area contributed by atoms with Gasteiger partial charge in [0.2, 0.25) is 11.7 Å². The number of hydrogen-bond acceptors (Lipinski definition) is 5. The Morgan fingerprint density at radius 3 is 2.74 bits per heavy atom. The molecule has 0 saturated carbocycles. The number of rotatable bonds is 5. The van der Waals surface area contributed by atoms with Crippen LogP contribution in [-0.2, 0) is 17.9 Å². The number of halogens is 1. The number of carbonyl (C=O) groups excluding carboxylic acids is 1. The minimum absolute atomic E-state index is 0.0634. The van der Waals surface area contributed by atoms with Gasteiger partial charge in [0.1, 0.15) is 6.54 Å². The van der Waals surface area contributed by atoms with E-state index in [-0.39, 0.29) is 12.5 Å². The highest BCUT2D eigenvalue weighted by Gasteiger charge is 2.14. The monoisotopic (exact) mass is 391 g/mol. The van der Waals surface area contributed by atoms with Gasteiger partial charge in [-0.1, -0.05) is 30.3 Å². The maximum absolute atomic E-state index is 12.3. The summed E-state index contributed by atoms with van der Waals surface area (Å²) in [5.74, 6) is 0.453. The van der Waals surface area contributed by atoms with Gasteiger partial charge in [0, 0.05) is 17.5 Å². The van der Waals surface area contributed by atoms with Gasteiger partial charge in [-0.2, -0.15) is 4.80 Å². The van der Waals surface area contributed by atoms with Crippen LogP contribution in [0.4, 0.5) is 0 Å². The van der Waals surface area contributed by atoms with Crippen LogP contribution in [0, 0.1) is 0 Å². The third-order valence-corrected chi connectivity index (χ3v) is 4.82. The van der Waals surface area contributed by atoms with Gasteiger partial charge < -0.3 is 4.90 Å². The molecule has 8 heteroatoms. The molecule has 3 rings (SSSR count). The number of tetrazole rings is 1. The van der Waals surface area contributed by atoms with E-state index < -0.39 is 0 Å². The number of thiophene rings is 1. The van der Waals surface area contributed by atoms with Crippen molar-refractivity contribution < 1.29 is 4.79 Å². The third kappa shape index (κ3) is 4.02. The van der Waals surface area contributed by atoms with Crippen molar-refractivity contribution in [3.05, 3.63) is 51.1 Å². The molecular formula is C15H14BrN5OS. The first kappa shape index (κ1) is 15.8. The highest BCUT2D eigenvalue weighted by atomic mass is 79.9. The van der Waals surface area contributed by atoms with Crippen LogP contribution in [0.5, 0.6) is 0 Å². The van der Waals surface area contributed by atoms with Crippen LogP contribution >= 0.6 is 27.3 Å². The first-order valence-electron chi connectivity index (χ1n) is 6.93. The Morgan fingerprint density at radius 1 is 1.26 bits per heavy atom. The van der Waals surface area contributed by atoms with Crippen molar-refractivity contribution in [2.24, 2.45) is 0 Å². The Morgan fingerprint density at radius 2 is 2.04 bits per heavy atom. The van der Waals surface area contributed by atoms with Gasteiger partial charge in [0.15, 0.2) is 0 Å². The lowest BCUT2D eigenvalue weighted by atomic mass is 10.2. The molecule has 1 aromatic carbocycles. The molecule has 1 amide bonds. The SMILES string of the molecule is CN(Cc1ccc(Br)s1)C(=O)Cn1nnc(-c2ccccc2)n1. The fourth-order valence-corrected chi connectivity index (χ4v) is 3.55. The normalized spacial score (nSPS) is 10.7. The first-order valence-corrected chi connectivity index (χ1v) is 8.54. The highest BCUT2D eigenvalue weighted by Crippen LogP contribution is 2.23. The largest absolute Gasteiger partial charge is 0.339 e. The van der Waals surface area contributed by atoms with E-state index in [0.29, 0.717) is 12.4 Å². The smallest absolute Gasteiger partial charge is 0.246 e. The van der Waals surface area contributed by atoms with Crippen LogP contribution in [0.3, 0.4) is 0 Å². The van der Waals surface area contributed by atoms with E-state index in [0.717, 1.165) is 14.2 Å². The van der Waals surface area contributed by atoms with Gasteiger partial charge in [-0.3, -0.25) is 4.79 Å². The molecule has 0 fully saturated rings. The average Bonchev–Trinajstić information content (AvgIpc) is 3.17. The summed E-state index contributed by atoms with van der Waals surface area (Å²) in [6.07, 6.45) is 0. The highest BCUT2D eigenvalue weighted by molar-refractivity contribution is 9.11. The first-order chi connectivity index (χ1) is 11.1. The quantitative estimate of drug-likeness (QED) is 0.670. The van der Waals surface area contributed by atoms with Crippen LogP contribution in [-0.4, -0.2) is 38.1 Å². The number of aromatic nitrogens is 4. The molecule has 0 radical (unpaired) electrons. The lowest BCUT2D eigenvalue weighted by molar-refractivity contribution is -0.131. The molecule has 0 N–H and O–H groups in total. The van der Waals surface area contributed by atoms with E-state index >= 15 is 0 Å². The molecule has 0 aliphatic carbocycles. The third-order valence-electron chi connectivity index (χ3n) is 3.21. The topological polar surface area (TPSA) is 63.9 Å². The molecule has 0 unspecified atom stereocenters. The van der Waals surface area contributed by atoms with Gasteiger partial charge in [0.25, 0.3) is 0 Å². The molecule has 0 bridgehead atoms. The molecule has 0 saturated heterocycles. The van der Waals surface area contributed by atoms with Crippen LogP contribution in [0.15, 0.2) is 46.3 Å². The fraction of sp³-hybridized carbons (Fsp3) is 0.200. The van der Waals surface area contributed by atoms with Gasteiger partial charge in [-0.15, -0.1) is 21.5 Å². The minimum Gasteiger partial charge on any atom is -0.339 e. The zero-order valence-corrected chi connectivity index (χ0v) is 14.8. The standard InChI is InChI=1S/C15H14BrN5OS/c1-20(9-12-7-8-13(16)23-12)14(22)10-21-18-15(17-19-21)11-5-3-2-4-6-11/h2-8H,9-10H2,1H3. The van der Waals surface area contributed by atoms with E-state index in [1.54, 1.807) is 23.3 Å². The zero-order chi connectivity index (χ0) is 16.2. The van der Waals surface area contributed by atoms with Crippen LogP contribution < -0.4 is 0 Å². The minimum atomic E-state index is -0.0634. The van der Waals surface area contributed by atoms with E-state index in [1.165, 1.54) is 4.80 Å². The maximum Gasteiger partial charge on any atom is 0.246 e. The summed E-state index contributed by atoms with van der Waals surface area (Å²) in [7, 11) is 1.77. The van der Waals surface area contributed by atoms with Gasteiger partial charge in [-0.05, 0) is 33.3 Å². The summed E-state index contributed by atoms with van der Waals surface area (Å²) in [6.45, 7) is 0.637. The molecule has 6 nitrogen and oxygen atoms in total. The van der Waals surface area contributed by atoms with Crippen LogP contribution in [0.2, 0.25) is 0 Å². The number of carbonyl (C=O) groups is 1. The van der Waals surface area contributed by atoms with E-state index in [1.807, 2.05) is 42.5 Å². The van der Waals surface area contributed by atoms with Gasteiger partial charge in [0.05, 0.1) is 10.3 Å².